The van der Waals surface area contributed by atoms with Gasteiger partial charge in [0.1, 0.15) is 0 Å². The Morgan fingerprint density at radius 3 is 1.72 bits per heavy atom. The molecule has 0 fully saturated rings. The molecule has 1 radical (unpaired) electrons. The van der Waals surface area contributed by atoms with Crippen LogP contribution in [0, 0.1) is 27.7 Å². The molecular formula is C34H32AgN4O4-4. The van der Waals surface area contributed by atoms with Gasteiger partial charge in [-0.2, -0.15) is 0 Å². The summed E-state index contributed by atoms with van der Waals surface area (Å²) in [5, 5.41) is 21.7. The first-order valence-corrected chi connectivity index (χ1v) is 13.8. The third-order valence-corrected chi connectivity index (χ3v) is 8.06. The molecule has 0 unspecified atom stereocenters. The van der Waals surface area contributed by atoms with E-state index in [9.17, 15) is 19.8 Å². The van der Waals surface area contributed by atoms with Crippen molar-refractivity contribution in [2.45, 2.75) is 53.4 Å². The molecule has 8 nitrogen and oxygen atoms in total. The summed E-state index contributed by atoms with van der Waals surface area (Å²) < 4.78 is 0. The molecule has 4 aromatic heterocycles. The summed E-state index contributed by atoms with van der Waals surface area (Å²) >= 11 is 0. The van der Waals surface area contributed by atoms with E-state index in [0.29, 0.717) is 40.3 Å². The van der Waals surface area contributed by atoms with Crippen molar-refractivity contribution in [2.75, 3.05) is 0 Å². The minimum absolute atomic E-state index is 0. The smallest absolute Gasteiger partial charge is 0.303 e. The molecule has 1 aliphatic heterocycles. The molecule has 0 spiro atoms. The number of nitrogens with zero attached hydrogens (tertiary/aromatic N) is 4. The Bertz CT molecular complexity index is 2030. The van der Waals surface area contributed by atoms with Crippen molar-refractivity contribution in [3.63, 3.8) is 0 Å². The van der Waals surface area contributed by atoms with Crippen molar-refractivity contribution in [1.82, 2.24) is 19.9 Å². The van der Waals surface area contributed by atoms with E-state index in [1.807, 2.05) is 52.0 Å². The van der Waals surface area contributed by atoms with Gasteiger partial charge in [0, 0.05) is 35.2 Å². The van der Waals surface area contributed by atoms with Crippen LogP contribution in [0.1, 0.15) is 80.1 Å². The molecule has 0 saturated carbocycles. The van der Waals surface area contributed by atoms with E-state index in [2.05, 4.69) is 13.2 Å². The quantitative estimate of drug-likeness (QED) is 0.239. The summed E-state index contributed by atoms with van der Waals surface area (Å²) in [5.74, 6) is -1.80. The first kappa shape index (κ1) is 31.7. The number of rotatable bonds is 8. The number of hydrogen-bond acceptors (Lipinski definition) is 2. The number of hydrogen-bond donors (Lipinski definition) is 2. The van der Waals surface area contributed by atoms with Crippen molar-refractivity contribution in [1.29, 1.82) is 0 Å². The summed E-state index contributed by atoms with van der Waals surface area (Å²) in [7, 11) is 0. The summed E-state index contributed by atoms with van der Waals surface area (Å²) in [6.07, 6.45) is 11.7. The minimum atomic E-state index is -0.898. The SMILES string of the molecule is C=Cc1c2[n-]c(c1C)/C=c1\[n-]/c(c(CCC(=O)O)c1C)=C\c1[n-]c(c(C)c1CCC(=O)O)/C=c1\[n-]/c(c(C)c1C=C)=C\2.[Ag]. The molecule has 5 rings (SSSR count). The van der Waals surface area contributed by atoms with Crippen molar-refractivity contribution in [2.24, 2.45) is 0 Å². The number of aliphatic carboxylic acids is 2. The number of aromatic nitrogens is 4. The monoisotopic (exact) mass is 667 g/mol. The van der Waals surface area contributed by atoms with E-state index in [4.69, 9.17) is 19.9 Å². The molecule has 5 heterocycles. The first-order chi connectivity index (χ1) is 20.0. The topological polar surface area (TPSA) is 131 Å². The molecule has 2 N–H and O–H groups in total. The molecule has 0 aliphatic carbocycles. The standard InChI is InChI=1S/C34H32N4O4.Ag/c1-7-21-17(3)25-13-26-19(5)23(9-11-33(39)40)31(37-26)16-32-24(10-12-34(41)42)20(6)28(38-32)15-30-22(8-2)18(4)27(36-30)14-29(21)35-25;/h7-8,13-16H,1-2,9-12H2,3-6H3,(H,39,40)(H,41,42);/q-4;/b25-13?,26-13-,27-14-,28-15?,29-14?,30-15-,31-16-,32-16?;. The van der Waals surface area contributed by atoms with Gasteiger partial charge in [0.05, 0.1) is 0 Å². The summed E-state index contributed by atoms with van der Waals surface area (Å²) in [4.78, 5) is 42.7. The fraction of sp³-hybridized carbons (Fsp3) is 0.235. The number of carbonyl (C=O) groups is 2. The maximum atomic E-state index is 11.5. The van der Waals surface area contributed by atoms with Crippen LogP contribution in [0.3, 0.4) is 0 Å². The van der Waals surface area contributed by atoms with Crippen LogP contribution in [0.4, 0.5) is 0 Å². The molecule has 9 heteroatoms. The Morgan fingerprint density at radius 2 is 1.09 bits per heavy atom. The van der Waals surface area contributed by atoms with Gasteiger partial charge in [-0.15, -0.1) is 44.2 Å². The fourth-order valence-corrected chi connectivity index (χ4v) is 5.61. The Morgan fingerprint density at radius 1 is 0.605 bits per heavy atom. The molecule has 0 atom stereocenters. The average Bonchev–Trinajstić information content (AvgIpc) is 3.59. The zero-order valence-electron chi connectivity index (χ0n) is 24.5. The van der Waals surface area contributed by atoms with Crippen molar-refractivity contribution >= 4 is 48.4 Å². The van der Waals surface area contributed by atoms with E-state index >= 15 is 0 Å². The van der Waals surface area contributed by atoms with E-state index < -0.39 is 11.9 Å². The van der Waals surface area contributed by atoms with Gasteiger partial charge in [0.25, 0.3) is 0 Å². The van der Waals surface area contributed by atoms with Gasteiger partial charge in [-0.05, 0) is 51.7 Å². The van der Waals surface area contributed by atoms with E-state index in [-0.39, 0.29) is 35.2 Å². The van der Waals surface area contributed by atoms with Crippen LogP contribution >= 0.6 is 0 Å². The molecule has 0 saturated heterocycles. The van der Waals surface area contributed by atoms with Crippen LogP contribution in [-0.2, 0) is 44.8 Å². The van der Waals surface area contributed by atoms with Crippen LogP contribution in [0.2, 0.25) is 0 Å². The Balaban J connectivity index is 0.00000423. The van der Waals surface area contributed by atoms with E-state index in [1.54, 1.807) is 12.2 Å². The second-order valence-corrected chi connectivity index (χ2v) is 10.6. The van der Waals surface area contributed by atoms with E-state index in [1.165, 1.54) is 0 Å². The fourth-order valence-electron chi connectivity index (χ4n) is 5.61. The second-order valence-electron chi connectivity index (χ2n) is 10.6. The minimum Gasteiger partial charge on any atom is -0.657 e. The molecular weight excluding hydrogens is 636 g/mol. The predicted molar refractivity (Wildman–Crippen MR) is 163 cm³/mol. The molecule has 4 aromatic rings. The molecule has 0 aromatic carbocycles. The molecule has 8 bridgehead atoms. The van der Waals surface area contributed by atoms with E-state index in [0.717, 1.165) is 61.2 Å². The van der Waals surface area contributed by atoms with Gasteiger partial charge in [-0.25, -0.2) is 0 Å². The van der Waals surface area contributed by atoms with Gasteiger partial charge in [-0.3, -0.25) is 9.59 Å². The molecule has 1 aliphatic rings. The van der Waals surface area contributed by atoms with Gasteiger partial charge in [0.2, 0.25) is 0 Å². The van der Waals surface area contributed by atoms with Gasteiger partial charge >= 0.3 is 11.9 Å². The van der Waals surface area contributed by atoms with Crippen molar-refractivity contribution in [3.05, 3.63) is 102 Å². The maximum absolute atomic E-state index is 11.5. The third kappa shape index (κ3) is 5.99. The predicted octanol–water partition coefficient (Wildman–Crippen LogP) is 1.70. The Hall–Kier alpha value is -4.24. The normalized spacial score (nSPS) is 15.0. The summed E-state index contributed by atoms with van der Waals surface area (Å²) in [6, 6.07) is 0. The summed E-state index contributed by atoms with van der Waals surface area (Å²) in [5.41, 5.74) is 9.84. The van der Waals surface area contributed by atoms with Gasteiger partial charge in [0.15, 0.2) is 0 Å². The summed E-state index contributed by atoms with van der Waals surface area (Å²) in [6.45, 7) is 15.9. The first-order valence-electron chi connectivity index (χ1n) is 13.8. The Kier molecular flexibility index (Phi) is 9.25. The zero-order valence-corrected chi connectivity index (χ0v) is 26.0. The van der Waals surface area contributed by atoms with Crippen LogP contribution in [0.15, 0.2) is 13.2 Å². The van der Waals surface area contributed by atoms with Crippen molar-refractivity contribution in [3.8, 4) is 0 Å². The van der Waals surface area contributed by atoms with Crippen LogP contribution in [0.5, 0.6) is 0 Å². The van der Waals surface area contributed by atoms with Gasteiger partial charge in [-0.1, -0.05) is 83.0 Å². The largest absolute Gasteiger partial charge is 0.657 e. The Labute approximate surface area is 264 Å². The molecule has 0 amide bonds. The van der Waals surface area contributed by atoms with Crippen molar-refractivity contribution < 1.29 is 42.2 Å². The number of carboxylic acid groups (broad SMARTS) is 2. The number of fused-ring (bicyclic) bond motifs is 8. The molecule has 227 valence electrons. The number of carboxylic acids is 2. The molecule has 43 heavy (non-hydrogen) atoms. The van der Waals surface area contributed by atoms with Crippen LogP contribution in [-0.4, -0.2) is 22.2 Å². The van der Waals surface area contributed by atoms with Gasteiger partial charge < -0.3 is 30.1 Å². The maximum Gasteiger partial charge on any atom is 0.303 e. The van der Waals surface area contributed by atoms with Crippen LogP contribution < -0.4 is 41.3 Å². The zero-order chi connectivity index (χ0) is 30.3. The van der Waals surface area contributed by atoms with Crippen LogP contribution in [0.25, 0.3) is 36.5 Å². The third-order valence-electron chi connectivity index (χ3n) is 8.06. The average molecular weight is 669 g/mol. The second kappa shape index (κ2) is 12.6.